The van der Waals surface area contributed by atoms with Crippen LogP contribution in [0.3, 0.4) is 0 Å². The van der Waals surface area contributed by atoms with Crippen LogP contribution < -0.4 is 0 Å². The molecule has 2 nitrogen and oxygen atoms in total. The van der Waals surface area contributed by atoms with E-state index >= 15 is 0 Å². The molecule has 2 heteroatoms. The lowest BCUT2D eigenvalue weighted by Gasteiger charge is -2.33. The Morgan fingerprint density at radius 2 is 1.48 bits per heavy atom. The molecule has 0 N–H and O–H groups in total. The first-order valence-corrected chi connectivity index (χ1v) is 9.10. The Morgan fingerprint density at radius 3 is 1.95 bits per heavy atom. The average molecular weight is 296 g/mol. The molecule has 0 fully saturated rings. The van der Waals surface area contributed by atoms with Gasteiger partial charge in [0.25, 0.3) is 0 Å². The lowest BCUT2D eigenvalue weighted by atomic mass is 9.76. The van der Waals surface area contributed by atoms with Crippen molar-refractivity contribution in [2.75, 3.05) is 6.61 Å². The largest absolute Gasteiger partial charge is 0.478 e. The van der Waals surface area contributed by atoms with E-state index in [9.17, 15) is 0 Å². The molecule has 21 heavy (non-hydrogen) atoms. The van der Waals surface area contributed by atoms with Gasteiger partial charge >= 0.3 is 0 Å². The first kappa shape index (κ1) is 18.5. The van der Waals surface area contributed by atoms with Gasteiger partial charge in [0.2, 0.25) is 0 Å². The van der Waals surface area contributed by atoms with Crippen LogP contribution in [0.2, 0.25) is 0 Å². The SMILES string of the molecule is CCCCCCCCCCCC1=NC(C)(C(C)(C)C)CO1. The van der Waals surface area contributed by atoms with E-state index in [0.717, 1.165) is 18.9 Å². The monoisotopic (exact) mass is 295 g/mol. The molecular weight excluding hydrogens is 258 g/mol. The Labute approximate surface area is 132 Å². The van der Waals surface area contributed by atoms with Gasteiger partial charge in [-0.2, -0.15) is 0 Å². The van der Waals surface area contributed by atoms with Gasteiger partial charge in [0.1, 0.15) is 12.1 Å². The highest BCUT2D eigenvalue weighted by Gasteiger charge is 2.42. The summed E-state index contributed by atoms with van der Waals surface area (Å²) in [6, 6.07) is 0. The minimum absolute atomic E-state index is 0.0401. The van der Waals surface area contributed by atoms with Crippen LogP contribution in [0.15, 0.2) is 4.99 Å². The zero-order valence-electron chi connectivity index (χ0n) is 15.1. The summed E-state index contributed by atoms with van der Waals surface area (Å²) in [5, 5.41) is 0. The molecule has 1 rings (SSSR count). The fraction of sp³-hybridized carbons (Fsp3) is 0.947. The number of nitrogens with zero attached hydrogens (tertiary/aromatic N) is 1. The van der Waals surface area contributed by atoms with Crippen LogP contribution in [-0.4, -0.2) is 18.0 Å². The third kappa shape index (κ3) is 6.40. The van der Waals surface area contributed by atoms with Gasteiger partial charge in [-0.1, -0.05) is 79.1 Å². The molecule has 1 aliphatic heterocycles. The molecular formula is C19H37NO. The minimum Gasteiger partial charge on any atom is -0.478 e. The summed E-state index contributed by atoms with van der Waals surface area (Å²) in [5.74, 6) is 0.996. The van der Waals surface area contributed by atoms with E-state index in [1.54, 1.807) is 0 Å². The summed E-state index contributed by atoms with van der Waals surface area (Å²) in [6.45, 7) is 12.0. The van der Waals surface area contributed by atoms with Gasteiger partial charge in [-0.15, -0.1) is 0 Å². The third-order valence-electron chi connectivity index (χ3n) is 5.00. The van der Waals surface area contributed by atoms with Crippen LogP contribution in [0.5, 0.6) is 0 Å². The predicted octanol–water partition coefficient (Wildman–Crippen LogP) is 6.14. The van der Waals surface area contributed by atoms with Gasteiger partial charge in [-0.05, 0) is 18.8 Å². The molecule has 1 heterocycles. The van der Waals surface area contributed by atoms with E-state index in [1.165, 1.54) is 57.8 Å². The van der Waals surface area contributed by atoms with Gasteiger partial charge in [0, 0.05) is 6.42 Å². The van der Waals surface area contributed by atoms with Crippen LogP contribution >= 0.6 is 0 Å². The summed E-state index contributed by atoms with van der Waals surface area (Å²) in [5.41, 5.74) is 0.134. The van der Waals surface area contributed by atoms with Crippen molar-refractivity contribution in [3.8, 4) is 0 Å². The highest BCUT2D eigenvalue weighted by molar-refractivity contribution is 5.78. The van der Waals surface area contributed by atoms with Crippen molar-refractivity contribution in [1.29, 1.82) is 0 Å². The Hall–Kier alpha value is -0.530. The number of aliphatic imine (C=N–C) groups is 1. The second-order valence-electron chi connectivity index (χ2n) is 7.90. The molecule has 0 aromatic rings. The number of ether oxygens (including phenoxy) is 1. The Balaban J connectivity index is 2.08. The van der Waals surface area contributed by atoms with E-state index in [1.807, 2.05) is 0 Å². The van der Waals surface area contributed by atoms with E-state index in [0.29, 0.717) is 0 Å². The van der Waals surface area contributed by atoms with E-state index in [4.69, 9.17) is 9.73 Å². The quantitative estimate of drug-likeness (QED) is 0.443. The van der Waals surface area contributed by atoms with Crippen molar-refractivity contribution < 1.29 is 4.74 Å². The summed E-state index contributed by atoms with van der Waals surface area (Å²) in [6.07, 6.45) is 13.4. The molecule has 0 aromatic heterocycles. The lowest BCUT2D eigenvalue weighted by molar-refractivity contribution is 0.153. The number of unbranched alkanes of at least 4 members (excludes halogenated alkanes) is 8. The van der Waals surface area contributed by atoms with Crippen molar-refractivity contribution in [3.05, 3.63) is 0 Å². The zero-order valence-corrected chi connectivity index (χ0v) is 15.1. The van der Waals surface area contributed by atoms with Gasteiger partial charge < -0.3 is 4.74 Å². The first-order valence-electron chi connectivity index (χ1n) is 9.10. The van der Waals surface area contributed by atoms with E-state index < -0.39 is 0 Å². The molecule has 0 bridgehead atoms. The summed E-state index contributed by atoms with van der Waals surface area (Å²) in [7, 11) is 0. The third-order valence-corrected chi connectivity index (χ3v) is 5.00. The van der Waals surface area contributed by atoms with Crippen LogP contribution in [0.4, 0.5) is 0 Å². The molecule has 0 aromatic carbocycles. The molecule has 1 unspecified atom stereocenters. The molecule has 0 aliphatic carbocycles. The fourth-order valence-corrected chi connectivity index (χ4v) is 2.66. The predicted molar refractivity (Wildman–Crippen MR) is 93.1 cm³/mol. The fourth-order valence-electron chi connectivity index (χ4n) is 2.66. The standard InChI is InChI=1S/C19H37NO/c1-6-7-8-9-10-11-12-13-14-15-17-20-19(5,16-21-17)18(2,3)4/h6-16H2,1-5H3. The molecule has 1 atom stereocenters. The second kappa shape index (κ2) is 8.80. The normalized spacial score (nSPS) is 22.2. The first-order chi connectivity index (χ1) is 9.89. The lowest BCUT2D eigenvalue weighted by Crippen LogP contribution is -2.39. The maximum absolute atomic E-state index is 5.82. The van der Waals surface area contributed by atoms with Gasteiger partial charge in [-0.3, -0.25) is 0 Å². The minimum atomic E-state index is -0.0401. The topological polar surface area (TPSA) is 21.6 Å². The summed E-state index contributed by atoms with van der Waals surface area (Å²) >= 11 is 0. The summed E-state index contributed by atoms with van der Waals surface area (Å²) < 4.78 is 5.82. The molecule has 0 amide bonds. The van der Waals surface area contributed by atoms with Crippen molar-refractivity contribution in [2.24, 2.45) is 10.4 Å². The Bertz CT molecular complexity index is 316. The highest BCUT2D eigenvalue weighted by Crippen LogP contribution is 2.37. The van der Waals surface area contributed by atoms with Crippen LogP contribution in [0.25, 0.3) is 0 Å². The van der Waals surface area contributed by atoms with Crippen molar-refractivity contribution in [3.63, 3.8) is 0 Å². The van der Waals surface area contributed by atoms with E-state index in [2.05, 4.69) is 34.6 Å². The zero-order chi connectivity index (χ0) is 15.8. The number of hydrogen-bond donors (Lipinski definition) is 0. The van der Waals surface area contributed by atoms with Crippen LogP contribution in [0, 0.1) is 5.41 Å². The molecule has 0 radical (unpaired) electrons. The summed E-state index contributed by atoms with van der Waals surface area (Å²) in [4.78, 5) is 4.85. The average Bonchev–Trinajstić information content (AvgIpc) is 2.80. The highest BCUT2D eigenvalue weighted by atomic mass is 16.5. The van der Waals surface area contributed by atoms with Crippen LogP contribution in [0.1, 0.15) is 98.8 Å². The Kier molecular flexibility index (Phi) is 7.76. The van der Waals surface area contributed by atoms with E-state index in [-0.39, 0.29) is 11.0 Å². The maximum Gasteiger partial charge on any atom is 0.183 e. The molecule has 0 saturated carbocycles. The van der Waals surface area contributed by atoms with Gasteiger partial charge in [-0.25, -0.2) is 4.99 Å². The van der Waals surface area contributed by atoms with Crippen LogP contribution in [-0.2, 0) is 4.74 Å². The van der Waals surface area contributed by atoms with Crippen molar-refractivity contribution >= 4 is 5.90 Å². The Morgan fingerprint density at radius 1 is 0.952 bits per heavy atom. The maximum atomic E-state index is 5.82. The molecule has 0 spiro atoms. The van der Waals surface area contributed by atoms with Gasteiger partial charge in [0.05, 0.1) is 0 Å². The van der Waals surface area contributed by atoms with Gasteiger partial charge in [0.15, 0.2) is 5.90 Å². The number of rotatable bonds is 10. The molecule has 0 saturated heterocycles. The second-order valence-corrected chi connectivity index (χ2v) is 7.90. The molecule has 1 aliphatic rings. The molecule has 124 valence electrons. The van der Waals surface area contributed by atoms with Crippen molar-refractivity contribution in [1.82, 2.24) is 0 Å². The smallest absolute Gasteiger partial charge is 0.183 e. The van der Waals surface area contributed by atoms with Crippen molar-refractivity contribution in [2.45, 2.75) is 104 Å². The number of hydrogen-bond acceptors (Lipinski definition) is 2.